The molecule has 0 aliphatic rings. The SMILES string of the molecule is CC(C)(O)C(=O)c1ccc(F)cc1F. The van der Waals surface area contributed by atoms with Crippen molar-refractivity contribution in [3.63, 3.8) is 0 Å². The van der Waals surface area contributed by atoms with Crippen LogP contribution in [0.5, 0.6) is 0 Å². The van der Waals surface area contributed by atoms with E-state index in [1.54, 1.807) is 0 Å². The Hall–Kier alpha value is -1.29. The first-order valence-corrected chi connectivity index (χ1v) is 4.04. The fourth-order valence-electron chi connectivity index (χ4n) is 1.00. The molecule has 0 heterocycles. The van der Waals surface area contributed by atoms with Crippen molar-refractivity contribution in [2.75, 3.05) is 0 Å². The first-order valence-electron chi connectivity index (χ1n) is 4.04. The minimum Gasteiger partial charge on any atom is -0.382 e. The highest BCUT2D eigenvalue weighted by Crippen LogP contribution is 2.16. The number of Topliss-reactive ketones (excluding diaryl/α,β-unsaturated/α-hetero) is 1. The van der Waals surface area contributed by atoms with E-state index in [-0.39, 0.29) is 5.56 Å². The lowest BCUT2D eigenvalue weighted by atomic mass is 9.96. The van der Waals surface area contributed by atoms with Crippen LogP contribution in [0.4, 0.5) is 8.78 Å². The summed E-state index contributed by atoms with van der Waals surface area (Å²) in [7, 11) is 0. The van der Waals surface area contributed by atoms with Gasteiger partial charge in [0.1, 0.15) is 17.2 Å². The van der Waals surface area contributed by atoms with Gasteiger partial charge in [0.05, 0.1) is 5.56 Å². The zero-order valence-corrected chi connectivity index (χ0v) is 7.84. The lowest BCUT2D eigenvalue weighted by Gasteiger charge is -2.15. The fraction of sp³-hybridized carbons (Fsp3) is 0.300. The van der Waals surface area contributed by atoms with Gasteiger partial charge in [-0.25, -0.2) is 8.78 Å². The number of rotatable bonds is 2. The Morgan fingerprint density at radius 3 is 2.36 bits per heavy atom. The lowest BCUT2D eigenvalue weighted by Crippen LogP contribution is -2.31. The van der Waals surface area contributed by atoms with Crippen LogP contribution in [0.25, 0.3) is 0 Å². The van der Waals surface area contributed by atoms with E-state index < -0.39 is 23.0 Å². The third-order valence-corrected chi connectivity index (χ3v) is 1.73. The molecule has 0 aliphatic heterocycles. The van der Waals surface area contributed by atoms with Gasteiger partial charge in [-0.15, -0.1) is 0 Å². The summed E-state index contributed by atoms with van der Waals surface area (Å²) in [6, 6.07) is 2.60. The minimum absolute atomic E-state index is 0.307. The average molecular weight is 200 g/mol. The van der Waals surface area contributed by atoms with Crippen molar-refractivity contribution in [3.05, 3.63) is 35.4 Å². The lowest BCUT2D eigenvalue weighted by molar-refractivity contribution is 0.0483. The fourth-order valence-corrected chi connectivity index (χ4v) is 1.00. The summed E-state index contributed by atoms with van der Waals surface area (Å²) in [5, 5.41) is 9.32. The zero-order valence-electron chi connectivity index (χ0n) is 7.84. The van der Waals surface area contributed by atoms with E-state index in [0.29, 0.717) is 6.07 Å². The van der Waals surface area contributed by atoms with E-state index in [2.05, 4.69) is 0 Å². The third-order valence-electron chi connectivity index (χ3n) is 1.73. The number of hydrogen-bond acceptors (Lipinski definition) is 2. The second-order valence-electron chi connectivity index (χ2n) is 3.51. The monoisotopic (exact) mass is 200 g/mol. The van der Waals surface area contributed by atoms with E-state index in [1.165, 1.54) is 13.8 Å². The predicted molar refractivity (Wildman–Crippen MR) is 47.0 cm³/mol. The van der Waals surface area contributed by atoms with Crippen LogP contribution in [0.15, 0.2) is 18.2 Å². The molecule has 4 heteroatoms. The predicted octanol–water partition coefficient (Wildman–Crippen LogP) is 1.92. The summed E-state index contributed by atoms with van der Waals surface area (Å²) < 4.78 is 25.6. The third kappa shape index (κ3) is 2.14. The normalized spacial score (nSPS) is 11.5. The molecule has 14 heavy (non-hydrogen) atoms. The summed E-state index contributed by atoms with van der Waals surface area (Å²) in [6.45, 7) is 2.50. The molecule has 0 radical (unpaired) electrons. The quantitative estimate of drug-likeness (QED) is 0.740. The first kappa shape index (κ1) is 10.8. The summed E-state index contributed by atoms with van der Waals surface area (Å²) in [5.41, 5.74) is -1.96. The highest BCUT2D eigenvalue weighted by molar-refractivity contribution is 6.01. The largest absolute Gasteiger partial charge is 0.382 e. The van der Waals surface area contributed by atoms with Crippen LogP contribution in [0.2, 0.25) is 0 Å². The van der Waals surface area contributed by atoms with Crippen LogP contribution < -0.4 is 0 Å². The Bertz CT molecular complexity index is 367. The second kappa shape index (κ2) is 3.46. The number of hydrogen-bond donors (Lipinski definition) is 1. The molecule has 0 aliphatic carbocycles. The van der Waals surface area contributed by atoms with Crippen molar-refractivity contribution in [1.82, 2.24) is 0 Å². The molecule has 0 saturated heterocycles. The Morgan fingerprint density at radius 1 is 1.36 bits per heavy atom. The maximum absolute atomic E-state index is 13.1. The van der Waals surface area contributed by atoms with Crippen LogP contribution >= 0.6 is 0 Å². The minimum atomic E-state index is -1.65. The molecule has 0 unspecified atom stereocenters. The van der Waals surface area contributed by atoms with Gasteiger partial charge in [0.2, 0.25) is 0 Å². The van der Waals surface area contributed by atoms with Gasteiger partial charge in [-0.2, -0.15) is 0 Å². The highest BCUT2D eigenvalue weighted by atomic mass is 19.1. The molecule has 1 N–H and O–H groups in total. The topological polar surface area (TPSA) is 37.3 Å². The van der Waals surface area contributed by atoms with Crippen molar-refractivity contribution in [1.29, 1.82) is 0 Å². The molecule has 0 bridgehead atoms. The molecule has 76 valence electrons. The average Bonchev–Trinajstić information content (AvgIpc) is 2.01. The molecule has 0 amide bonds. The van der Waals surface area contributed by atoms with Crippen LogP contribution in [0.1, 0.15) is 24.2 Å². The molecule has 1 rings (SSSR count). The van der Waals surface area contributed by atoms with Crippen LogP contribution in [0, 0.1) is 11.6 Å². The molecule has 1 aromatic carbocycles. The van der Waals surface area contributed by atoms with E-state index in [4.69, 9.17) is 0 Å². The Labute approximate surface area is 80.2 Å². The van der Waals surface area contributed by atoms with E-state index >= 15 is 0 Å². The number of benzene rings is 1. The zero-order chi connectivity index (χ0) is 10.9. The summed E-state index contributed by atoms with van der Waals surface area (Å²) in [4.78, 5) is 11.4. The summed E-state index contributed by atoms with van der Waals surface area (Å²) >= 11 is 0. The summed E-state index contributed by atoms with van der Waals surface area (Å²) in [5.74, 6) is -2.48. The van der Waals surface area contributed by atoms with E-state index in [9.17, 15) is 18.7 Å². The number of carbonyl (C=O) groups excluding carboxylic acids is 1. The van der Waals surface area contributed by atoms with Crippen LogP contribution in [0.3, 0.4) is 0 Å². The van der Waals surface area contributed by atoms with Gasteiger partial charge in [0.15, 0.2) is 5.78 Å². The molecule has 0 atom stereocenters. The van der Waals surface area contributed by atoms with Gasteiger partial charge < -0.3 is 5.11 Å². The Balaban J connectivity index is 3.15. The van der Waals surface area contributed by atoms with E-state index in [0.717, 1.165) is 12.1 Å². The van der Waals surface area contributed by atoms with Crippen LogP contribution in [-0.2, 0) is 0 Å². The Morgan fingerprint density at radius 2 is 1.93 bits per heavy atom. The molecule has 1 aromatic rings. The second-order valence-corrected chi connectivity index (χ2v) is 3.51. The van der Waals surface area contributed by atoms with E-state index in [1.807, 2.05) is 0 Å². The molecule has 0 spiro atoms. The van der Waals surface area contributed by atoms with Gasteiger partial charge in [-0.3, -0.25) is 4.79 Å². The Kier molecular flexibility index (Phi) is 2.66. The maximum atomic E-state index is 13.1. The van der Waals surface area contributed by atoms with Crippen molar-refractivity contribution in [3.8, 4) is 0 Å². The van der Waals surface area contributed by atoms with Gasteiger partial charge >= 0.3 is 0 Å². The van der Waals surface area contributed by atoms with Gasteiger partial charge in [0.25, 0.3) is 0 Å². The molecule has 2 nitrogen and oxygen atoms in total. The number of ketones is 1. The van der Waals surface area contributed by atoms with Crippen molar-refractivity contribution in [2.45, 2.75) is 19.4 Å². The van der Waals surface area contributed by atoms with Crippen molar-refractivity contribution in [2.24, 2.45) is 0 Å². The van der Waals surface area contributed by atoms with Gasteiger partial charge in [-0.05, 0) is 26.0 Å². The standard InChI is InChI=1S/C10H10F2O2/c1-10(2,14)9(13)7-4-3-6(11)5-8(7)12/h3-5,14H,1-2H3. The van der Waals surface area contributed by atoms with Crippen molar-refractivity contribution < 1.29 is 18.7 Å². The first-order chi connectivity index (χ1) is 6.32. The number of carbonyl (C=O) groups is 1. The molecule has 0 fully saturated rings. The number of aliphatic hydroxyl groups is 1. The molecular formula is C10H10F2O2. The smallest absolute Gasteiger partial charge is 0.196 e. The van der Waals surface area contributed by atoms with Crippen molar-refractivity contribution >= 4 is 5.78 Å². The number of halogens is 2. The molecular weight excluding hydrogens is 190 g/mol. The highest BCUT2D eigenvalue weighted by Gasteiger charge is 2.27. The summed E-state index contributed by atoms with van der Waals surface area (Å²) in [6.07, 6.45) is 0. The molecule has 0 aromatic heterocycles. The van der Waals surface area contributed by atoms with Crippen LogP contribution in [-0.4, -0.2) is 16.5 Å². The van der Waals surface area contributed by atoms with Gasteiger partial charge in [0, 0.05) is 6.07 Å². The molecule has 0 saturated carbocycles. The van der Waals surface area contributed by atoms with Gasteiger partial charge in [-0.1, -0.05) is 0 Å². The maximum Gasteiger partial charge on any atom is 0.196 e.